The van der Waals surface area contributed by atoms with E-state index >= 15 is 0 Å². The highest BCUT2D eigenvalue weighted by Gasteiger charge is 2.57. The molecule has 192 valence electrons. The summed E-state index contributed by atoms with van der Waals surface area (Å²) >= 11 is 0. The number of imidazole rings is 1. The molecule has 0 radical (unpaired) electrons. The maximum Gasteiger partial charge on any atom is 0.332 e. The van der Waals surface area contributed by atoms with Crippen molar-refractivity contribution in [1.82, 2.24) is 19.1 Å². The molecular formula is C22H31N5O8. The number of ether oxygens (including phenoxy) is 4. The Morgan fingerprint density at radius 2 is 1.89 bits per heavy atom. The highest BCUT2D eigenvalue weighted by atomic mass is 16.8. The van der Waals surface area contributed by atoms with Crippen LogP contribution in [0.2, 0.25) is 0 Å². The molecule has 5 atom stereocenters. The van der Waals surface area contributed by atoms with Gasteiger partial charge in [0, 0.05) is 13.5 Å². The number of carbonyl (C=O) groups excluding carboxylic acids is 2. The zero-order chi connectivity index (χ0) is 25.8. The van der Waals surface area contributed by atoms with E-state index < -0.39 is 53.5 Å². The molecule has 2 aromatic rings. The lowest BCUT2D eigenvalue weighted by molar-refractivity contribution is -0.203. The van der Waals surface area contributed by atoms with Gasteiger partial charge in [0.25, 0.3) is 5.56 Å². The van der Waals surface area contributed by atoms with Crippen LogP contribution in [0.5, 0.6) is 0 Å². The summed E-state index contributed by atoms with van der Waals surface area (Å²) in [6.45, 7) is 8.39. The minimum atomic E-state index is -1.02. The number of aromatic nitrogens is 4. The van der Waals surface area contributed by atoms with Crippen LogP contribution in [0.4, 0.5) is 5.95 Å². The average molecular weight is 494 g/mol. The second-order valence-corrected chi connectivity index (χ2v) is 9.85. The molecule has 13 nitrogen and oxygen atoms in total. The highest BCUT2D eigenvalue weighted by Crippen LogP contribution is 2.43. The van der Waals surface area contributed by atoms with Crippen LogP contribution in [0.1, 0.15) is 47.3 Å². The Hall–Kier alpha value is -3.03. The number of carbonyl (C=O) groups is 2. The Bertz CT molecular complexity index is 1280. The third-order valence-corrected chi connectivity index (χ3v) is 6.34. The second-order valence-electron chi connectivity index (χ2n) is 9.85. The number of fused-ring (bicyclic) bond motifs is 2. The van der Waals surface area contributed by atoms with Gasteiger partial charge in [-0.15, -0.1) is 0 Å². The number of nitrogen functional groups attached to an aromatic ring is 1. The number of rotatable bonds is 7. The van der Waals surface area contributed by atoms with E-state index in [0.29, 0.717) is 0 Å². The molecule has 13 heteroatoms. The van der Waals surface area contributed by atoms with E-state index in [1.165, 1.54) is 18.5 Å². The van der Waals surface area contributed by atoms with E-state index in [9.17, 15) is 19.2 Å². The van der Waals surface area contributed by atoms with Crippen LogP contribution < -0.4 is 17.0 Å². The van der Waals surface area contributed by atoms with Gasteiger partial charge < -0.3 is 29.5 Å². The molecule has 0 saturated carbocycles. The number of Topliss-reactive ketones (excluding diaryl/α,β-unsaturated/α-hetero) is 1. The SMILES string of the molecule is CC(=O)C[C@H](C(=O)OC[C@H]1O[C@@H](n2c(=O)n(C)c3c(=O)[nH]c(N)nc32)C2OC(C)(C)O[C@@H]21)C(C)C. The second kappa shape index (κ2) is 8.88. The van der Waals surface area contributed by atoms with Gasteiger partial charge in [0.2, 0.25) is 5.95 Å². The van der Waals surface area contributed by atoms with Crippen LogP contribution in [-0.4, -0.2) is 61.6 Å². The third-order valence-electron chi connectivity index (χ3n) is 6.34. The molecule has 4 rings (SSSR count). The zero-order valence-corrected chi connectivity index (χ0v) is 20.6. The fourth-order valence-corrected chi connectivity index (χ4v) is 4.69. The van der Waals surface area contributed by atoms with Crippen molar-refractivity contribution in [1.29, 1.82) is 0 Å². The topological polar surface area (TPSA) is 170 Å². The van der Waals surface area contributed by atoms with Crippen molar-refractivity contribution < 1.29 is 28.5 Å². The molecule has 2 aliphatic heterocycles. The van der Waals surface area contributed by atoms with E-state index in [0.717, 1.165) is 4.57 Å². The predicted octanol–water partition coefficient (Wildman–Crippen LogP) is 0.218. The number of ketones is 1. The Balaban J connectivity index is 1.65. The van der Waals surface area contributed by atoms with Crippen LogP contribution in [0, 0.1) is 11.8 Å². The molecule has 2 aromatic heterocycles. The van der Waals surface area contributed by atoms with Crippen molar-refractivity contribution >= 4 is 28.9 Å². The molecule has 0 aliphatic carbocycles. The summed E-state index contributed by atoms with van der Waals surface area (Å²) in [4.78, 5) is 56.4. The molecule has 1 unspecified atom stereocenters. The van der Waals surface area contributed by atoms with Crippen molar-refractivity contribution in [2.24, 2.45) is 18.9 Å². The van der Waals surface area contributed by atoms with Gasteiger partial charge in [-0.25, -0.2) is 9.36 Å². The van der Waals surface area contributed by atoms with Crippen LogP contribution in [0.25, 0.3) is 11.2 Å². The van der Waals surface area contributed by atoms with Crippen molar-refractivity contribution in [3.8, 4) is 0 Å². The fourth-order valence-electron chi connectivity index (χ4n) is 4.69. The highest BCUT2D eigenvalue weighted by molar-refractivity contribution is 5.83. The van der Waals surface area contributed by atoms with Gasteiger partial charge in [-0.2, -0.15) is 4.98 Å². The number of hydrogen-bond acceptors (Lipinski definition) is 10. The number of aryl methyl sites for hydroxylation is 1. The van der Waals surface area contributed by atoms with Crippen LogP contribution in [0.3, 0.4) is 0 Å². The molecule has 35 heavy (non-hydrogen) atoms. The fraction of sp³-hybridized carbons (Fsp3) is 0.682. The molecule has 4 heterocycles. The first-order valence-electron chi connectivity index (χ1n) is 11.4. The number of esters is 1. The summed E-state index contributed by atoms with van der Waals surface area (Å²) in [6, 6.07) is 0. The number of nitrogens with two attached hydrogens (primary N) is 1. The molecular weight excluding hydrogens is 462 g/mol. The molecule has 3 N–H and O–H groups in total. The van der Waals surface area contributed by atoms with Gasteiger partial charge >= 0.3 is 11.7 Å². The smallest absolute Gasteiger partial charge is 0.332 e. The summed E-state index contributed by atoms with van der Waals surface area (Å²) in [5.41, 5.74) is 4.67. The van der Waals surface area contributed by atoms with Crippen molar-refractivity contribution in [3.05, 3.63) is 20.8 Å². The van der Waals surface area contributed by atoms with Crippen molar-refractivity contribution in [3.63, 3.8) is 0 Å². The van der Waals surface area contributed by atoms with Crippen LogP contribution in [0.15, 0.2) is 9.59 Å². The minimum Gasteiger partial charge on any atom is -0.463 e. The maximum atomic E-state index is 13.1. The third kappa shape index (κ3) is 4.50. The molecule has 0 bridgehead atoms. The number of aromatic amines is 1. The first-order chi connectivity index (χ1) is 16.3. The summed E-state index contributed by atoms with van der Waals surface area (Å²) < 4.78 is 26.1. The molecule has 2 fully saturated rings. The van der Waals surface area contributed by atoms with Crippen molar-refractivity contribution in [2.45, 2.75) is 71.4 Å². The standard InChI is InChI=1S/C22H31N5O8/c1-9(2)11(7-10(3)28)19(30)32-8-12-14-15(35-22(4,5)34-14)18(33-12)27-16-13(26(6)21(27)31)17(29)25-20(23)24-16/h9,11-12,14-15,18H,7-8H2,1-6H3,(H3,23,24,25,29)/t11-,12+,14+,15?,18+/m0/s1. The lowest BCUT2D eigenvalue weighted by atomic mass is 9.91. The Morgan fingerprint density at radius 3 is 2.51 bits per heavy atom. The molecule has 2 aliphatic rings. The minimum absolute atomic E-state index is 0.0291. The first kappa shape index (κ1) is 25.1. The summed E-state index contributed by atoms with van der Waals surface area (Å²) in [7, 11) is 1.44. The van der Waals surface area contributed by atoms with E-state index in [1.807, 2.05) is 13.8 Å². The van der Waals surface area contributed by atoms with Gasteiger partial charge in [-0.1, -0.05) is 13.8 Å². The first-order valence-corrected chi connectivity index (χ1v) is 11.4. The van der Waals surface area contributed by atoms with E-state index in [-0.39, 0.29) is 41.8 Å². The summed E-state index contributed by atoms with van der Waals surface area (Å²) in [5.74, 6) is -2.45. The van der Waals surface area contributed by atoms with Gasteiger partial charge in [0.1, 0.15) is 30.7 Å². The lowest BCUT2D eigenvalue weighted by Gasteiger charge is -2.25. The maximum absolute atomic E-state index is 13.1. The Labute approximate surface area is 200 Å². The summed E-state index contributed by atoms with van der Waals surface area (Å²) in [5, 5.41) is 0. The Kier molecular flexibility index (Phi) is 6.36. The predicted molar refractivity (Wildman–Crippen MR) is 122 cm³/mol. The quantitative estimate of drug-likeness (QED) is 0.509. The monoisotopic (exact) mass is 493 g/mol. The average Bonchev–Trinajstić information content (AvgIpc) is 3.31. The van der Waals surface area contributed by atoms with E-state index in [1.54, 1.807) is 13.8 Å². The van der Waals surface area contributed by atoms with Crippen LogP contribution >= 0.6 is 0 Å². The molecule has 0 amide bonds. The molecule has 2 saturated heterocycles. The van der Waals surface area contributed by atoms with Gasteiger partial charge in [-0.05, 0) is 26.7 Å². The Morgan fingerprint density at radius 1 is 1.23 bits per heavy atom. The number of nitrogens with zero attached hydrogens (tertiary/aromatic N) is 3. The normalized spacial score (nSPS) is 26.3. The number of H-pyrrole nitrogens is 1. The lowest BCUT2D eigenvalue weighted by Crippen LogP contribution is -2.35. The van der Waals surface area contributed by atoms with Crippen molar-refractivity contribution in [2.75, 3.05) is 12.3 Å². The zero-order valence-electron chi connectivity index (χ0n) is 20.6. The van der Waals surface area contributed by atoms with E-state index in [2.05, 4.69) is 9.97 Å². The van der Waals surface area contributed by atoms with E-state index in [4.69, 9.17) is 24.7 Å². The largest absolute Gasteiger partial charge is 0.463 e. The van der Waals surface area contributed by atoms with Crippen LogP contribution in [-0.2, 0) is 35.6 Å². The number of nitrogens with one attached hydrogen (secondary N) is 1. The molecule has 0 spiro atoms. The number of anilines is 1. The van der Waals surface area contributed by atoms with Gasteiger partial charge in [0.05, 0.1) is 5.92 Å². The van der Waals surface area contributed by atoms with Gasteiger partial charge in [0.15, 0.2) is 23.2 Å². The van der Waals surface area contributed by atoms with Gasteiger partial charge in [-0.3, -0.25) is 19.1 Å². The molecule has 0 aromatic carbocycles. The summed E-state index contributed by atoms with van der Waals surface area (Å²) in [6.07, 6.45) is -3.14. The number of hydrogen-bond donors (Lipinski definition) is 2.